The van der Waals surface area contributed by atoms with Crippen molar-refractivity contribution >= 4 is 10.0 Å². The number of methoxy groups -OCH3 is 1. The molecule has 2 aromatic rings. The molecule has 0 spiro atoms. The van der Waals surface area contributed by atoms with Crippen molar-refractivity contribution in [3.8, 4) is 5.75 Å². The van der Waals surface area contributed by atoms with E-state index in [0.717, 1.165) is 30.6 Å². The van der Waals surface area contributed by atoms with Crippen molar-refractivity contribution in [2.75, 3.05) is 14.2 Å². The molecule has 0 saturated heterocycles. The van der Waals surface area contributed by atoms with Crippen LogP contribution in [-0.4, -0.2) is 26.9 Å². The third-order valence-electron chi connectivity index (χ3n) is 4.34. The van der Waals surface area contributed by atoms with Gasteiger partial charge in [0, 0.05) is 13.6 Å². The molecule has 0 unspecified atom stereocenters. The van der Waals surface area contributed by atoms with Gasteiger partial charge in [0.25, 0.3) is 0 Å². The van der Waals surface area contributed by atoms with Crippen LogP contribution in [0.25, 0.3) is 0 Å². The summed E-state index contributed by atoms with van der Waals surface area (Å²) < 4.78 is 32.0. The molecule has 1 aliphatic rings. The predicted octanol–water partition coefficient (Wildman–Crippen LogP) is 3.00. The smallest absolute Gasteiger partial charge is 0.243 e. The lowest BCUT2D eigenvalue weighted by atomic mass is 10.1. The zero-order chi connectivity index (χ0) is 16.4. The Morgan fingerprint density at radius 3 is 2.43 bits per heavy atom. The zero-order valence-electron chi connectivity index (χ0n) is 13.5. The molecule has 0 N–H and O–H groups in total. The minimum atomic E-state index is -3.47. The summed E-state index contributed by atoms with van der Waals surface area (Å²) >= 11 is 0. The highest BCUT2D eigenvalue weighted by Crippen LogP contribution is 2.26. The van der Waals surface area contributed by atoms with Crippen molar-refractivity contribution in [3.63, 3.8) is 0 Å². The topological polar surface area (TPSA) is 46.6 Å². The molecule has 3 rings (SSSR count). The molecule has 0 aromatic heterocycles. The van der Waals surface area contributed by atoms with E-state index in [9.17, 15) is 8.42 Å². The van der Waals surface area contributed by atoms with E-state index in [2.05, 4.69) is 0 Å². The Balaban J connectivity index is 1.80. The minimum absolute atomic E-state index is 0.337. The van der Waals surface area contributed by atoms with Crippen molar-refractivity contribution in [1.82, 2.24) is 4.31 Å². The normalized spacial score (nSPS) is 14.0. The highest BCUT2D eigenvalue weighted by molar-refractivity contribution is 7.89. The number of sulfonamides is 1. The fourth-order valence-corrected chi connectivity index (χ4v) is 4.17. The van der Waals surface area contributed by atoms with E-state index in [1.165, 1.54) is 15.4 Å². The Bertz CT molecular complexity index is 798. The summed E-state index contributed by atoms with van der Waals surface area (Å²) in [6.45, 7) is 0.337. The Labute approximate surface area is 137 Å². The third-order valence-corrected chi connectivity index (χ3v) is 6.14. The Hall–Kier alpha value is -1.85. The average molecular weight is 331 g/mol. The molecule has 23 heavy (non-hydrogen) atoms. The van der Waals surface area contributed by atoms with Crippen LogP contribution in [0.4, 0.5) is 0 Å². The van der Waals surface area contributed by atoms with Gasteiger partial charge in [-0.3, -0.25) is 0 Å². The quantitative estimate of drug-likeness (QED) is 0.846. The lowest BCUT2D eigenvalue weighted by molar-refractivity contribution is 0.414. The minimum Gasteiger partial charge on any atom is -0.497 e. The van der Waals surface area contributed by atoms with Gasteiger partial charge in [-0.15, -0.1) is 0 Å². The van der Waals surface area contributed by atoms with Crippen LogP contribution in [0.5, 0.6) is 5.75 Å². The van der Waals surface area contributed by atoms with Gasteiger partial charge >= 0.3 is 0 Å². The molecular weight excluding hydrogens is 310 g/mol. The van der Waals surface area contributed by atoms with Crippen LogP contribution >= 0.6 is 0 Å². The summed E-state index contributed by atoms with van der Waals surface area (Å²) in [5.41, 5.74) is 3.38. The van der Waals surface area contributed by atoms with Crippen molar-refractivity contribution < 1.29 is 13.2 Å². The molecule has 0 saturated carbocycles. The van der Waals surface area contributed by atoms with Crippen LogP contribution in [0.1, 0.15) is 23.1 Å². The third kappa shape index (κ3) is 3.26. The van der Waals surface area contributed by atoms with Crippen LogP contribution in [0.3, 0.4) is 0 Å². The number of hydrogen-bond acceptors (Lipinski definition) is 3. The summed E-state index contributed by atoms with van der Waals surface area (Å²) in [5.74, 6) is 0.762. The maximum Gasteiger partial charge on any atom is 0.243 e. The largest absolute Gasteiger partial charge is 0.497 e. The first-order valence-corrected chi connectivity index (χ1v) is 9.16. The van der Waals surface area contributed by atoms with E-state index in [1.54, 1.807) is 20.2 Å². The maximum absolute atomic E-state index is 12.8. The second-order valence-electron chi connectivity index (χ2n) is 5.89. The standard InChI is InChI=1S/C18H21NO3S/c1-19(13-14-6-9-17(22-2)10-7-14)23(20,21)18-11-8-15-4-3-5-16(15)12-18/h6-12H,3-5,13H2,1-2H3. The molecular formula is C18H21NO3S. The Kier molecular flexibility index (Phi) is 4.41. The first-order chi connectivity index (χ1) is 11.0. The average Bonchev–Trinajstić information content (AvgIpc) is 3.03. The Morgan fingerprint density at radius 2 is 1.74 bits per heavy atom. The van der Waals surface area contributed by atoms with Crippen molar-refractivity contribution in [3.05, 3.63) is 59.2 Å². The van der Waals surface area contributed by atoms with E-state index in [4.69, 9.17) is 4.74 Å². The number of benzene rings is 2. The van der Waals surface area contributed by atoms with Crippen molar-refractivity contribution in [1.29, 1.82) is 0 Å². The maximum atomic E-state index is 12.8. The van der Waals surface area contributed by atoms with Gasteiger partial charge in [0.1, 0.15) is 5.75 Å². The van der Waals surface area contributed by atoms with Gasteiger partial charge in [-0.2, -0.15) is 4.31 Å². The fraction of sp³-hybridized carbons (Fsp3) is 0.333. The van der Waals surface area contributed by atoms with Gasteiger partial charge in [-0.1, -0.05) is 18.2 Å². The molecule has 1 aliphatic carbocycles. The van der Waals surface area contributed by atoms with Crippen molar-refractivity contribution in [2.45, 2.75) is 30.7 Å². The van der Waals surface area contributed by atoms with Crippen LogP contribution < -0.4 is 4.74 Å². The molecule has 0 amide bonds. The van der Waals surface area contributed by atoms with E-state index >= 15 is 0 Å². The number of hydrogen-bond donors (Lipinski definition) is 0. The number of fused-ring (bicyclic) bond motifs is 1. The van der Waals surface area contributed by atoms with E-state index in [1.807, 2.05) is 36.4 Å². The number of rotatable bonds is 5. The molecule has 4 nitrogen and oxygen atoms in total. The fourth-order valence-electron chi connectivity index (χ4n) is 2.96. The van der Waals surface area contributed by atoms with E-state index in [0.29, 0.717) is 11.4 Å². The number of ether oxygens (including phenoxy) is 1. The van der Waals surface area contributed by atoms with Crippen LogP contribution in [0.2, 0.25) is 0 Å². The second kappa shape index (κ2) is 6.34. The molecule has 0 aliphatic heterocycles. The molecule has 2 aromatic carbocycles. The van der Waals surface area contributed by atoms with Crippen LogP contribution in [0, 0.1) is 0 Å². The highest BCUT2D eigenvalue weighted by atomic mass is 32.2. The molecule has 0 bridgehead atoms. The molecule has 0 radical (unpaired) electrons. The number of nitrogens with zero attached hydrogens (tertiary/aromatic N) is 1. The summed E-state index contributed by atoms with van der Waals surface area (Å²) in [5, 5.41) is 0. The van der Waals surface area contributed by atoms with Gasteiger partial charge in [0.15, 0.2) is 0 Å². The Morgan fingerprint density at radius 1 is 1.04 bits per heavy atom. The van der Waals surface area contributed by atoms with Gasteiger partial charge in [0.2, 0.25) is 10.0 Å². The number of aryl methyl sites for hydroxylation is 2. The van der Waals surface area contributed by atoms with Crippen LogP contribution in [0.15, 0.2) is 47.4 Å². The molecule has 0 atom stereocenters. The van der Waals surface area contributed by atoms with E-state index in [-0.39, 0.29) is 0 Å². The molecule has 122 valence electrons. The highest BCUT2D eigenvalue weighted by Gasteiger charge is 2.23. The summed E-state index contributed by atoms with van der Waals surface area (Å²) in [6, 6.07) is 13.0. The first kappa shape index (κ1) is 16.0. The van der Waals surface area contributed by atoms with Crippen molar-refractivity contribution in [2.24, 2.45) is 0 Å². The molecule has 0 heterocycles. The zero-order valence-corrected chi connectivity index (χ0v) is 14.3. The monoisotopic (exact) mass is 331 g/mol. The predicted molar refractivity (Wildman–Crippen MR) is 90.1 cm³/mol. The first-order valence-electron chi connectivity index (χ1n) is 7.72. The van der Waals surface area contributed by atoms with Gasteiger partial charge in [0.05, 0.1) is 12.0 Å². The lowest BCUT2D eigenvalue weighted by Gasteiger charge is -2.18. The lowest BCUT2D eigenvalue weighted by Crippen LogP contribution is -2.26. The van der Waals surface area contributed by atoms with E-state index < -0.39 is 10.0 Å². The van der Waals surface area contributed by atoms with Gasteiger partial charge in [-0.25, -0.2) is 8.42 Å². The van der Waals surface area contributed by atoms with Gasteiger partial charge < -0.3 is 4.74 Å². The summed E-state index contributed by atoms with van der Waals surface area (Å²) in [7, 11) is -0.244. The SMILES string of the molecule is COc1ccc(CN(C)S(=O)(=O)c2ccc3c(c2)CCC3)cc1. The summed E-state index contributed by atoms with van der Waals surface area (Å²) in [6.07, 6.45) is 3.14. The van der Waals surface area contributed by atoms with Gasteiger partial charge in [-0.05, 0) is 60.2 Å². The molecule has 0 fully saturated rings. The summed E-state index contributed by atoms with van der Waals surface area (Å²) in [4.78, 5) is 0.383. The molecule has 5 heteroatoms. The van der Waals surface area contributed by atoms with Crippen LogP contribution in [-0.2, 0) is 29.4 Å². The second-order valence-corrected chi connectivity index (χ2v) is 7.94.